The molecule has 86 valence electrons. The van der Waals surface area contributed by atoms with Crippen LogP contribution in [0.1, 0.15) is 25.7 Å². The van der Waals surface area contributed by atoms with Crippen molar-refractivity contribution in [2.45, 2.75) is 36.7 Å². The molecule has 16 heavy (non-hydrogen) atoms. The molecule has 0 radical (unpaired) electrons. The number of aliphatic hydroxyl groups excluding tert-OH is 1. The van der Waals surface area contributed by atoms with E-state index in [1.807, 2.05) is 17.8 Å². The molecule has 1 unspecified atom stereocenters. The number of thioether (sulfide) groups is 1. The largest absolute Gasteiger partial charge is 0.389 e. The van der Waals surface area contributed by atoms with E-state index in [0.29, 0.717) is 0 Å². The zero-order valence-electron chi connectivity index (χ0n) is 9.43. The van der Waals surface area contributed by atoms with Crippen LogP contribution in [0.5, 0.6) is 0 Å². The van der Waals surface area contributed by atoms with Gasteiger partial charge >= 0.3 is 0 Å². The first-order valence-electron chi connectivity index (χ1n) is 5.90. The van der Waals surface area contributed by atoms with Crippen LogP contribution in [0.4, 0.5) is 0 Å². The predicted molar refractivity (Wildman–Crippen MR) is 69.7 cm³/mol. The van der Waals surface area contributed by atoms with Gasteiger partial charge < -0.3 is 5.11 Å². The molecule has 0 bridgehead atoms. The maximum absolute atomic E-state index is 9.51. The molecule has 1 nitrogen and oxygen atoms in total. The molecule has 0 fully saturated rings. The van der Waals surface area contributed by atoms with E-state index < -0.39 is 0 Å². The highest BCUT2D eigenvalue weighted by Crippen LogP contribution is 2.25. The minimum absolute atomic E-state index is 0.189. The summed E-state index contributed by atoms with van der Waals surface area (Å²) in [5.41, 5.74) is 1.43. The van der Waals surface area contributed by atoms with Gasteiger partial charge in [0, 0.05) is 10.6 Å². The molecule has 0 aromatic heterocycles. The van der Waals surface area contributed by atoms with Gasteiger partial charge in [0.1, 0.15) is 0 Å². The smallest absolute Gasteiger partial charge is 0.0723 e. The summed E-state index contributed by atoms with van der Waals surface area (Å²) in [6, 6.07) is 10.5. The average Bonchev–Trinajstić information content (AvgIpc) is 2.30. The Bertz CT molecular complexity index is 345. The van der Waals surface area contributed by atoms with E-state index >= 15 is 0 Å². The maximum Gasteiger partial charge on any atom is 0.0723 e. The van der Waals surface area contributed by atoms with E-state index in [9.17, 15) is 5.11 Å². The molecule has 0 spiro atoms. The van der Waals surface area contributed by atoms with E-state index in [-0.39, 0.29) is 6.10 Å². The summed E-state index contributed by atoms with van der Waals surface area (Å²) in [5.74, 6) is 1.11. The van der Waals surface area contributed by atoms with Crippen molar-refractivity contribution in [2.24, 2.45) is 0 Å². The third-order valence-corrected chi connectivity index (χ3v) is 3.87. The monoisotopic (exact) mass is 234 g/mol. The van der Waals surface area contributed by atoms with Crippen LogP contribution in [0.25, 0.3) is 0 Å². The van der Waals surface area contributed by atoms with Crippen molar-refractivity contribution in [1.29, 1.82) is 0 Å². The lowest BCUT2D eigenvalue weighted by Crippen LogP contribution is -2.09. The molecular weight excluding hydrogens is 216 g/mol. The van der Waals surface area contributed by atoms with Crippen LogP contribution >= 0.6 is 11.8 Å². The van der Waals surface area contributed by atoms with Gasteiger partial charge in [-0.3, -0.25) is 0 Å². The highest BCUT2D eigenvalue weighted by atomic mass is 32.2. The van der Waals surface area contributed by atoms with Crippen LogP contribution in [0.3, 0.4) is 0 Å². The Morgan fingerprint density at radius 3 is 2.81 bits per heavy atom. The molecule has 0 amide bonds. The Labute approximate surface area is 102 Å². The summed E-state index contributed by atoms with van der Waals surface area (Å²) in [5, 5.41) is 9.51. The van der Waals surface area contributed by atoms with E-state index in [4.69, 9.17) is 0 Å². The molecule has 1 aromatic carbocycles. The third-order valence-electron chi connectivity index (χ3n) is 2.86. The van der Waals surface area contributed by atoms with Crippen LogP contribution in [-0.2, 0) is 0 Å². The van der Waals surface area contributed by atoms with Gasteiger partial charge in [0.15, 0.2) is 0 Å². The second-order valence-electron chi connectivity index (χ2n) is 4.20. The van der Waals surface area contributed by atoms with Crippen molar-refractivity contribution in [2.75, 3.05) is 5.75 Å². The molecular formula is C14H18OS. The van der Waals surface area contributed by atoms with Crippen molar-refractivity contribution in [3.8, 4) is 0 Å². The van der Waals surface area contributed by atoms with Gasteiger partial charge in [-0.15, -0.1) is 11.8 Å². The van der Waals surface area contributed by atoms with E-state index in [1.165, 1.54) is 16.9 Å². The lowest BCUT2D eigenvalue weighted by Gasteiger charge is -2.16. The molecule has 1 aliphatic rings. The first kappa shape index (κ1) is 11.7. The fraction of sp³-hybridized carbons (Fsp3) is 0.429. The summed E-state index contributed by atoms with van der Waals surface area (Å²) in [4.78, 5) is 1.33. The van der Waals surface area contributed by atoms with Crippen LogP contribution in [0, 0.1) is 0 Å². The molecule has 1 aromatic rings. The molecule has 0 aliphatic heterocycles. The summed E-state index contributed by atoms with van der Waals surface area (Å²) >= 11 is 1.89. The minimum atomic E-state index is -0.189. The van der Waals surface area contributed by atoms with Gasteiger partial charge in [-0.1, -0.05) is 29.8 Å². The minimum Gasteiger partial charge on any atom is -0.389 e. The van der Waals surface area contributed by atoms with Gasteiger partial charge in [-0.2, -0.15) is 0 Å². The number of rotatable bonds is 4. The van der Waals surface area contributed by atoms with Crippen molar-refractivity contribution >= 4 is 11.8 Å². The standard InChI is InChI=1S/C14H18OS/c15-13-6-4-5-12(11-13)9-10-16-14-7-2-1-3-8-14/h1-3,7-8,11,13,15H,4-6,9-10H2. The second kappa shape index (κ2) is 6.12. The SMILES string of the molecule is OC1C=C(CCSc2ccccc2)CCC1. The summed E-state index contributed by atoms with van der Waals surface area (Å²) in [7, 11) is 0. The third kappa shape index (κ3) is 3.69. The van der Waals surface area contributed by atoms with Crippen molar-refractivity contribution in [3.63, 3.8) is 0 Å². The maximum atomic E-state index is 9.51. The van der Waals surface area contributed by atoms with Crippen LogP contribution < -0.4 is 0 Å². The molecule has 2 heteroatoms. The first-order valence-corrected chi connectivity index (χ1v) is 6.88. The lowest BCUT2D eigenvalue weighted by molar-refractivity contribution is 0.201. The van der Waals surface area contributed by atoms with Crippen LogP contribution in [-0.4, -0.2) is 17.0 Å². The Hall–Kier alpha value is -0.730. The zero-order valence-corrected chi connectivity index (χ0v) is 10.2. The molecule has 0 saturated carbocycles. The van der Waals surface area contributed by atoms with E-state index in [1.54, 1.807) is 0 Å². The lowest BCUT2D eigenvalue weighted by atomic mass is 9.96. The summed E-state index contributed by atoms with van der Waals surface area (Å²) in [6.45, 7) is 0. The van der Waals surface area contributed by atoms with Gasteiger partial charge in [0.2, 0.25) is 0 Å². The fourth-order valence-corrected chi connectivity index (χ4v) is 2.95. The number of benzene rings is 1. The van der Waals surface area contributed by atoms with E-state index in [2.05, 4.69) is 30.3 Å². The fourth-order valence-electron chi connectivity index (χ4n) is 2.00. The number of aliphatic hydroxyl groups is 1. The van der Waals surface area contributed by atoms with Crippen molar-refractivity contribution in [1.82, 2.24) is 0 Å². The van der Waals surface area contributed by atoms with Crippen LogP contribution in [0.15, 0.2) is 46.9 Å². The highest BCUT2D eigenvalue weighted by Gasteiger charge is 2.10. The highest BCUT2D eigenvalue weighted by molar-refractivity contribution is 7.99. The van der Waals surface area contributed by atoms with Gasteiger partial charge in [-0.05, 0) is 37.8 Å². The molecule has 1 N–H and O–H groups in total. The molecule has 0 saturated heterocycles. The Kier molecular flexibility index (Phi) is 4.49. The number of allylic oxidation sites excluding steroid dienone is 1. The number of hydrogen-bond donors (Lipinski definition) is 1. The quantitative estimate of drug-likeness (QED) is 0.634. The Morgan fingerprint density at radius 1 is 1.25 bits per heavy atom. The molecule has 2 rings (SSSR count). The summed E-state index contributed by atoms with van der Waals surface area (Å²) in [6.07, 6.45) is 6.22. The average molecular weight is 234 g/mol. The van der Waals surface area contributed by atoms with Crippen LogP contribution in [0.2, 0.25) is 0 Å². The van der Waals surface area contributed by atoms with Crippen molar-refractivity contribution < 1.29 is 5.11 Å². The Balaban J connectivity index is 1.76. The molecule has 0 heterocycles. The molecule has 1 atom stereocenters. The predicted octanol–water partition coefficient (Wildman–Crippen LogP) is 3.64. The van der Waals surface area contributed by atoms with Gasteiger partial charge in [0.05, 0.1) is 6.10 Å². The molecule has 1 aliphatic carbocycles. The second-order valence-corrected chi connectivity index (χ2v) is 5.36. The summed E-state index contributed by atoms with van der Waals surface area (Å²) < 4.78 is 0. The zero-order chi connectivity index (χ0) is 11.2. The van der Waals surface area contributed by atoms with Gasteiger partial charge in [0.25, 0.3) is 0 Å². The van der Waals surface area contributed by atoms with Crippen molar-refractivity contribution in [3.05, 3.63) is 42.0 Å². The first-order chi connectivity index (χ1) is 7.84. The number of hydrogen-bond acceptors (Lipinski definition) is 2. The topological polar surface area (TPSA) is 20.2 Å². The normalized spacial score (nSPS) is 20.6. The van der Waals surface area contributed by atoms with Gasteiger partial charge in [-0.25, -0.2) is 0 Å². The van der Waals surface area contributed by atoms with E-state index in [0.717, 1.165) is 25.0 Å². The Morgan fingerprint density at radius 2 is 2.06 bits per heavy atom.